The topological polar surface area (TPSA) is 52.3 Å². The van der Waals surface area contributed by atoms with Crippen LogP contribution in [-0.4, -0.2) is 13.1 Å². The number of aryl methyl sites for hydroxylation is 1. The summed E-state index contributed by atoms with van der Waals surface area (Å²) in [6.45, 7) is 2.03. The number of nitrogens with two attached hydrogens (primary N) is 1. The van der Waals surface area contributed by atoms with Crippen LogP contribution >= 0.6 is 27.3 Å². The Morgan fingerprint density at radius 1 is 1.73 bits per heavy atom. The largest absolute Gasteiger partial charge is 0.469 e. The first-order valence-electron chi connectivity index (χ1n) is 4.62. The van der Waals surface area contributed by atoms with Crippen molar-refractivity contribution in [3.05, 3.63) is 20.3 Å². The first-order valence-corrected chi connectivity index (χ1v) is 6.23. The van der Waals surface area contributed by atoms with E-state index in [0.29, 0.717) is 12.8 Å². The van der Waals surface area contributed by atoms with Gasteiger partial charge in [-0.3, -0.25) is 4.79 Å². The summed E-state index contributed by atoms with van der Waals surface area (Å²) in [5.74, 6) is -0.210. The van der Waals surface area contributed by atoms with E-state index in [2.05, 4.69) is 20.7 Å². The van der Waals surface area contributed by atoms with Gasteiger partial charge >= 0.3 is 5.97 Å². The van der Waals surface area contributed by atoms with Crippen LogP contribution in [-0.2, 0) is 9.53 Å². The maximum absolute atomic E-state index is 10.9. The number of hydrogen-bond acceptors (Lipinski definition) is 4. The molecule has 0 aliphatic heterocycles. The Labute approximate surface area is 102 Å². The summed E-state index contributed by atoms with van der Waals surface area (Å²) in [6.07, 6.45) is 0.991. The number of hydrogen-bond donors (Lipinski definition) is 1. The van der Waals surface area contributed by atoms with E-state index in [1.54, 1.807) is 11.3 Å². The van der Waals surface area contributed by atoms with Crippen LogP contribution in [0.2, 0.25) is 0 Å². The molecule has 0 aromatic carbocycles. The van der Waals surface area contributed by atoms with Gasteiger partial charge in [0.05, 0.1) is 7.11 Å². The summed E-state index contributed by atoms with van der Waals surface area (Å²) >= 11 is 5.10. The van der Waals surface area contributed by atoms with Crippen LogP contribution in [0.15, 0.2) is 10.5 Å². The lowest BCUT2D eigenvalue weighted by molar-refractivity contribution is -0.140. The first-order chi connectivity index (χ1) is 7.04. The van der Waals surface area contributed by atoms with Gasteiger partial charge in [0, 0.05) is 26.7 Å². The smallest absolute Gasteiger partial charge is 0.305 e. The van der Waals surface area contributed by atoms with Crippen molar-refractivity contribution in [3.8, 4) is 0 Å². The fourth-order valence-electron chi connectivity index (χ4n) is 1.18. The van der Waals surface area contributed by atoms with Crippen molar-refractivity contribution < 1.29 is 9.53 Å². The van der Waals surface area contributed by atoms with E-state index >= 15 is 0 Å². The number of halogens is 1. The Hall–Kier alpha value is -0.390. The Morgan fingerprint density at radius 3 is 2.87 bits per heavy atom. The summed E-state index contributed by atoms with van der Waals surface area (Å²) in [5.41, 5.74) is 5.96. The third-order valence-electron chi connectivity index (χ3n) is 2.13. The van der Waals surface area contributed by atoms with Gasteiger partial charge in [-0.05, 0) is 35.3 Å². The molecule has 0 saturated carbocycles. The highest BCUT2D eigenvalue weighted by Gasteiger charge is 2.12. The molecule has 84 valence electrons. The van der Waals surface area contributed by atoms with E-state index in [9.17, 15) is 4.79 Å². The molecule has 1 atom stereocenters. The second kappa shape index (κ2) is 5.63. The highest BCUT2D eigenvalue weighted by molar-refractivity contribution is 9.10. The van der Waals surface area contributed by atoms with Crippen molar-refractivity contribution in [2.24, 2.45) is 5.73 Å². The van der Waals surface area contributed by atoms with Gasteiger partial charge in [0.15, 0.2) is 0 Å². The number of carbonyl (C=O) groups excluding carboxylic acids is 1. The highest BCUT2D eigenvalue weighted by Crippen LogP contribution is 2.31. The molecule has 0 bridgehead atoms. The molecule has 1 rings (SSSR count). The summed E-state index contributed by atoms with van der Waals surface area (Å²) in [5, 5.41) is 0. The van der Waals surface area contributed by atoms with Gasteiger partial charge in [-0.15, -0.1) is 11.3 Å². The summed E-state index contributed by atoms with van der Waals surface area (Å²) in [6, 6.07) is 1.93. The molecule has 2 N–H and O–H groups in total. The third kappa shape index (κ3) is 3.59. The van der Waals surface area contributed by atoms with Gasteiger partial charge in [0.25, 0.3) is 0 Å². The molecule has 1 aromatic heterocycles. The molecule has 1 heterocycles. The van der Waals surface area contributed by atoms with Crippen LogP contribution in [0.1, 0.15) is 28.6 Å². The second-order valence-corrected chi connectivity index (χ2v) is 5.42. The lowest BCUT2D eigenvalue weighted by Crippen LogP contribution is -2.11. The molecule has 0 spiro atoms. The predicted molar refractivity (Wildman–Crippen MR) is 64.9 cm³/mol. The molecule has 0 amide bonds. The SMILES string of the molecule is COC(=O)CCC(N)c1cc(Br)c(C)s1. The van der Waals surface area contributed by atoms with Crippen molar-refractivity contribution >= 4 is 33.2 Å². The van der Waals surface area contributed by atoms with Crippen molar-refractivity contribution in [2.75, 3.05) is 7.11 Å². The average Bonchev–Trinajstić information content (AvgIpc) is 2.55. The fraction of sp³-hybridized carbons (Fsp3) is 0.500. The molecule has 0 radical (unpaired) electrons. The van der Waals surface area contributed by atoms with E-state index in [1.165, 1.54) is 12.0 Å². The molecule has 0 aliphatic carbocycles. The minimum atomic E-state index is -0.210. The van der Waals surface area contributed by atoms with E-state index < -0.39 is 0 Å². The van der Waals surface area contributed by atoms with Crippen molar-refractivity contribution in [1.29, 1.82) is 0 Å². The Bertz CT molecular complexity index is 332. The minimum absolute atomic E-state index is 0.0842. The maximum Gasteiger partial charge on any atom is 0.305 e. The molecule has 0 aliphatic rings. The molecular formula is C10H14BrNO2S. The number of esters is 1. The number of carbonyl (C=O) groups is 1. The zero-order chi connectivity index (χ0) is 11.4. The summed E-state index contributed by atoms with van der Waals surface area (Å²) in [7, 11) is 1.39. The van der Waals surface area contributed by atoms with Gasteiger partial charge in [0.1, 0.15) is 0 Å². The van der Waals surface area contributed by atoms with E-state index in [0.717, 1.165) is 9.35 Å². The number of thiophene rings is 1. The third-order valence-corrected chi connectivity index (χ3v) is 4.40. The maximum atomic E-state index is 10.9. The second-order valence-electron chi connectivity index (χ2n) is 3.27. The van der Waals surface area contributed by atoms with Crippen LogP contribution in [0.3, 0.4) is 0 Å². The molecule has 0 saturated heterocycles. The van der Waals surface area contributed by atoms with Crippen LogP contribution in [0.25, 0.3) is 0 Å². The monoisotopic (exact) mass is 291 g/mol. The van der Waals surface area contributed by atoms with Gasteiger partial charge in [-0.2, -0.15) is 0 Å². The molecule has 15 heavy (non-hydrogen) atoms. The van der Waals surface area contributed by atoms with Gasteiger partial charge in [-0.1, -0.05) is 0 Å². The van der Waals surface area contributed by atoms with Gasteiger partial charge in [-0.25, -0.2) is 0 Å². The Balaban J connectivity index is 2.53. The Morgan fingerprint density at radius 2 is 2.40 bits per heavy atom. The van der Waals surface area contributed by atoms with Gasteiger partial charge < -0.3 is 10.5 Å². The van der Waals surface area contributed by atoms with Crippen molar-refractivity contribution in [3.63, 3.8) is 0 Å². The zero-order valence-corrected chi connectivity index (χ0v) is 11.2. The van der Waals surface area contributed by atoms with Crippen LogP contribution in [0, 0.1) is 6.92 Å². The minimum Gasteiger partial charge on any atom is -0.469 e. The van der Waals surface area contributed by atoms with E-state index in [1.807, 2.05) is 13.0 Å². The molecule has 1 unspecified atom stereocenters. The van der Waals surface area contributed by atoms with E-state index in [-0.39, 0.29) is 12.0 Å². The van der Waals surface area contributed by atoms with Crippen LogP contribution < -0.4 is 5.73 Å². The molecular weight excluding hydrogens is 278 g/mol. The van der Waals surface area contributed by atoms with Gasteiger partial charge in [0.2, 0.25) is 0 Å². The lowest BCUT2D eigenvalue weighted by atomic mass is 10.1. The van der Waals surface area contributed by atoms with E-state index in [4.69, 9.17) is 5.73 Å². The lowest BCUT2D eigenvalue weighted by Gasteiger charge is -2.07. The zero-order valence-electron chi connectivity index (χ0n) is 8.75. The van der Waals surface area contributed by atoms with Crippen LogP contribution in [0.4, 0.5) is 0 Å². The molecule has 1 aromatic rings. The number of ether oxygens (including phenoxy) is 1. The van der Waals surface area contributed by atoms with Crippen molar-refractivity contribution in [1.82, 2.24) is 0 Å². The fourth-order valence-corrected chi connectivity index (χ4v) is 2.78. The summed E-state index contributed by atoms with van der Waals surface area (Å²) < 4.78 is 5.64. The Kier molecular flexibility index (Phi) is 4.76. The number of rotatable bonds is 4. The molecule has 3 nitrogen and oxygen atoms in total. The highest BCUT2D eigenvalue weighted by atomic mass is 79.9. The first kappa shape index (κ1) is 12.7. The quantitative estimate of drug-likeness (QED) is 0.868. The standard InChI is InChI=1S/C10H14BrNO2S/c1-6-7(11)5-9(15-6)8(12)3-4-10(13)14-2/h5,8H,3-4,12H2,1-2H3. The normalized spacial score (nSPS) is 12.5. The molecule has 5 heteroatoms. The molecule has 0 fully saturated rings. The summed E-state index contributed by atoms with van der Waals surface area (Å²) in [4.78, 5) is 13.2. The average molecular weight is 292 g/mol. The van der Waals surface area contributed by atoms with Crippen LogP contribution in [0.5, 0.6) is 0 Å². The number of methoxy groups -OCH3 is 1. The van der Waals surface area contributed by atoms with Crippen molar-refractivity contribution in [2.45, 2.75) is 25.8 Å². The predicted octanol–water partition coefficient (Wildman–Crippen LogP) is 2.77.